The number of hydrogen-bond donors (Lipinski definition) is 1. The van der Waals surface area contributed by atoms with Crippen molar-refractivity contribution in [1.82, 2.24) is 15.0 Å². The van der Waals surface area contributed by atoms with Crippen LogP contribution in [0.15, 0.2) is 18.7 Å². The maximum atomic E-state index is 10.8. The normalized spacial score (nSPS) is 10.4. The maximum absolute atomic E-state index is 10.8. The molecule has 2 heterocycles. The Kier molecular flexibility index (Phi) is 1.85. The van der Waals surface area contributed by atoms with Crippen LogP contribution in [0.25, 0.3) is 10.9 Å². The van der Waals surface area contributed by atoms with Crippen LogP contribution in [0.2, 0.25) is 0 Å². The minimum Gasteiger partial charge on any atom is -0.476 e. The highest BCUT2D eigenvalue weighted by molar-refractivity contribution is 6.00. The fraction of sp³-hybridized carbons (Fsp3) is 0.111. The van der Waals surface area contributed by atoms with Crippen LogP contribution < -0.4 is 0 Å². The van der Waals surface area contributed by atoms with Crippen LogP contribution in [0.4, 0.5) is 0 Å². The average Bonchev–Trinajstić information content (AvgIpc) is 2.18. The van der Waals surface area contributed by atoms with Crippen LogP contribution in [0.1, 0.15) is 16.1 Å². The van der Waals surface area contributed by atoms with Crippen LogP contribution >= 0.6 is 0 Å². The van der Waals surface area contributed by atoms with E-state index in [1.165, 1.54) is 18.7 Å². The number of carboxylic acid groups (broad SMARTS) is 1. The topological polar surface area (TPSA) is 76.0 Å². The number of aromatic nitrogens is 3. The summed E-state index contributed by atoms with van der Waals surface area (Å²) in [5, 5.41) is 9.33. The highest BCUT2D eigenvalue weighted by Gasteiger charge is 2.11. The van der Waals surface area contributed by atoms with Gasteiger partial charge >= 0.3 is 5.97 Å². The van der Waals surface area contributed by atoms with Gasteiger partial charge in [-0.1, -0.05) is 0 Å². The quantitative estimate of drug-likeness (QED) is 0.725. The minimum absolute atomic E-state index is 0.00815. The van der Waals surface area contributed by atoms with Gasteiger partial charge in [-0.2, -0.15) is 0 Å². The summed E-state index contributed by atoms with van der Waals surface area (Å²) in [6.45, 7) is 1.83. The number of rotatable bonds is 1. The molecule has 0 saturated heterocycles. The fourth-order valence-electron chi connectivity index (χ4n) is 1.28. The van der Waals surface area contributed by atoms with Crippen LogP contribution in [-0.2, 0) is 0 Å². The van der Waals surface area contributed by atoms with Crippen LogP contribution in [0.3, 0.4) is 0 Å². The van der Waals surface area contributed by atoms with Gasteiger partial charge in [-0.25, -0.2) is 19.7 Å². The average molecular weight is 189 g/mol. The Morgan fingerprint density at radius 2 is 2.14 bits per heavy atom. The summed E-state index contributed by atoms with van der Waals surface area (Å²) >= 11 is 0. The third kappa shape index (κ3) is 1.19. The van der Waals surface area contributed by atoms with E-state index in [-0.39, 0.29) is 5.69 Å². The van der Waals surface area contributed by atoms with E-state index in [1.54, 1.807) is 0 Å². The van der Waals surface area contributed by atoms with Gasteiger partial charge in [-0.05, 0) is 12.5 Å². The summed E-state index contributed by atoms with van der Waals surface area (Å²) in [6.07, 6.45) is 4.35. The molecular formula is C9H7N3O2. The Hall–Kier alpha value is -2.04. The lowest BCUT2D eigenvalue weighted by molar-refractivity contribution is 0.0693. The molecule has 14 heavy (non-hydrogen) atoms. The number of aryl methyl sites for hydroxylation is 1. The highest BCUT2D eigenvalue weighted by atomic mass is 16.4. The number of nitrogens with zero attached hydrogens (tertiary/aromatic N) is 3. The van der Waals surface area contributed by atoms with Crippen LogP contribution in [-0.4, -0.2) is 26.0 Å². The van der Waals surface area contributed by atoms with Crippen LogP contribution in [0, 0.1) is 6.92 Å². The summed E-state index contributed by atoms with van der Waals surface area (Å²) in [5.74, 6) is -1.06. The predicted octanol–water partition coefficient (Wildman–Crippen LogP) is 1.03. The van der Waals surface area contributed by atoms with E-state index in [1.807, 2.05) is 6.92 Å². The largest absolute Gasteiger partial charge is 0.476 e. The monoisotopic (exact) mass is 189 g/mol. The molecule has 0 aliphatic heterocycles. The molecule has 0 fully saturated rings. The van der Waals surface area contributed by atoms with Gasteiger partial charge < -0.3 is 5.11 Å². The number of fused-ring (bicyclic) bond motifs is 1. The van der Waals surface area contributed by atoms with Gasteiger partial charge in [-0.15, -0.1) is 0 Å². The summed E-state index contributed by atoms with van der Waals surface area (Å²) < 4.78 is 0. The molecule has 0 unspecified atom stereocenters. The van der Waals surface area contributed by atoms with E-state index in [9.17, 15) is 4.79 Å². The molecule has 2 rings (SSSR count). The SMILES string of the molecule is Cc1cnc(C(=O)O)c2cncnc12. The summed E-state index contributed by atoms with van der Waals surface area (Å²) in [6, 6.07) is 0. The van der Waals surface area contributed by atoms with Crippen molar-refractivity contribution >= 4 is 16.9 Å². The zero-order chi connectivity index (χ0) is 10.1. The van der Waals surface area contributed by atoms with Crippen molar-refractivity contribution < 1.29 is 9.90 Å². The molecule has 0 amide bonds. The second-order valence-corrected chi connectivity index (χ2v) is 2.88. The minimum atomic E-state index is -1.06. The summed E-state index contributed by atoms with van der Waals surface area (Å²) in [7, 11) is 0. The molecule has 0 saturated carbocycles. The first-order chi connectivity index (χ1) is 6.70. The van der Waals surface area contributed by atoms with Gasteiger partial charge in [0.25, 0.3) is 0 Å². The summed E-state index contributed by atoms with van der Waals surface area (Å²) in [5.41, 5.74) is 1.46. The van der Waals surface area contributed by atoms with Gasteiger partial charge in [0.1, 0.15) is 6.33 Å². The van der Waals surface area contributed by atoms with Gasteiger partial charge in [0.2, 0.25) is 0 Å². The smallest absolute Gasteiger partial charge is 0.355 e. The van der Waals surface area contributed by atoms with Crippen molar-refractivity contribution in [3.05, 3.63) is 30.0 Å². The molecule has 0 aromatic carbocycles. The van der Waals surface area contributed by atoms with Crippen molar-refractivity contribution in [3.8, 4) is 0 Å². The van der Waals surface area contributed by atoms with Crippen molar-refractivity contribution in [2.24, 2.45) is 0 Å². The molecule has 0 radical (unpaired) electrons. The lowest BCUT2D eigenvalue weighted by Gasteiger charge is -2.01. The Labute approximate surface area is 79.5 Å². The van der Waals surface area contributed by atoms with E-state index >= 15 is 0 Å². The Morgan fingerprint density at radius 1 is 1.36 bits per heavy atom. The lowest BCUT2D eigenvalue weighted by Crippen LogP contribution is -2.03. The Morgan fingerprint density at radius 3 is 2.86 bits per heavy atom. The molecule has 0 aliphatic rings. The van der Waals surface area contributed by atoms with E-state index < -0.39 is 5.97 Å². The molecule has 0 aliphatic carbocycles. The third-order valence-corrected chi connectivity index (χ3v) is 1.93. The third-order valence-electron chi connectivity index (χ3n) is 1.93. The van der Waals surface area contributed by atoms with E-state index in [0.717, 1.165) is 5.56 Å². The first kappa shape index (κ1) is 8.55. The molecule has 5 nitrogen and oxygen atoms in total. The van der Waals surface area contributed by atoms with E-state index in [0.29, 0.717) is 10.9 Å². The van der Waals surface area contributed by atoms with Crippen molar-refractivity contribution in [1.29, 1.82) is 0 Å². The first-order valence-electron chi connectivity index (χ1n) is 3.99. The fourth-order valence-corrected chi connectivity index (χ4v) is 1.28. The number of hydrogen-bond acceptors (Lipinski definition) is 4. The van der Waals surface area contributed by atoms with Gasteiger partial charge in [0.05, 0.1) is 10.9 Å². The first-order valence-corrected chi connectivity index (χ1v) is 3.99. The lowest BCUT2D eigenvalue weighted by atomic mass is 10.1. The molecule has 1 N–H and O–H groups in total. The zero-order valence-electron chi connectivity index (χ0n) is 7.43. The summed E-state index contributed by atoms with van der Waals surface area (Å²) in [4.78, 5) is 22.4. The molecule has 5 heteroatoms. The molecule has 0 atom stereocenters. The standard InChI is InChI=1S/C9H7N3O2/c1-5-2-11-8(9(13)14)6-3-10-4-12-7(5)6/h2-4H,1H3,(H,13,14). The second-order valence-electron chi connectivity index (χ2n) is 2.88. The maximum Gasteiger partial charge on any atom is 0.355 e. The number of carboxylic acids is 1. The molecular weight excluding hydrogens is 182 g/mol. The second kappa shape index (κ2) is 3.02. The van der Waals surface area contributed by atoms with Crippen molar-refractivity contribution in [2.45, 2.75) is 6.92 Å². The molecule has 0 spiro atoms. The molecule has 2 aromatic rings. The Balaban J connectivity index is 2.88. The zero-order valence-corrected chi connectivity index (χ0v) is 7.43. The number of carbonyl (C=O) groups is 1. The predicted molar refractivity (Wildman–Crippen MR) is 49.0 cm³/mol. The van der Waals surface area contributed by atoms with Gasteiger partial charge in [0.15, 0.2) is 5.69 Å². The van der Waals surface area contributed by atoms with Gasteiger partial charge in [-0.3, -0.25) is 0 Å². The van der Waals surface area contributed by atoms with Crippen molar-refractivity contribution in [3.63, 3.8) is 0 Å². The van der Waals surface area contributed by atoms with Gasteiger partial charge in [0, 0.05) is 12.4 Å². The highest BCUT2D eigenvalue weighted by Crippen LogP contribution is 2.16. The van der Waals surface area contributed by atoms with E-state index in [2.05, 4.69) is 15.0 Å². The number of aromatic carboxylic acids is 1. The van der Waals surface area contributed by atoms with Crippen molar-refractivity contribution in [2.75, 3.05) is 0 Å². The van der Waals surface area contributed by atoms with E-state index in [4.69, 9.17) is 5.11 Å². The molecule has 70 valence electrons. The molecule has 0 bridgehead atoms. The molecule has 2 aromatic heterocycles. The number of pyridine rings is 1. The van der Waals surface area contributed by atoms with Crippen LogP contribution in [0.5, 0.6) is 0 Å². The Bertz CT molecular complexity index is 510.